The summed E-state index contributed by atoms with van der Waals surface area (Å²) in [4.78, 5) is 6.39. The third-order valence-corrected chi connectivity index (χ3v) is 5.13. The van der Waals surface area contributed by atoms with Crippen molar-refractivity contribution >= 4 is 5.95 Å². The van der Waals surface area contributed by atoms with E-state index in [1.807, 2.05) is 6.92 Å². The van der Waals surface area contributed by atoms with Crippen molar-refractivity contribution in [3.8, 4) is 17.0 Å². The zero-order valence-corrected chi connectivity index (χ0v) is 16.2. The Bertz CT molecular complexity index is 822. The molecule has 2 aromatic rings. The zero-order valence-electron chi connectivity index (χ0n) is 16.2. The van der Waals surface area contributed by atoms with Crippen LogP contribution in [-0.2, 0) is 6.18 Å². The molecule has 0 bridgehead atoms. The molecule has 2 heterocycles. The van der Waals surface area contributed by atoms with Gasteiger partial charge in [0.05, 0.1) is 18.4 Å². The number of halogens is 3. The number of aliphatic hydroxyl groups excluding tert-OH is 1. The van der Waals surface area contributed by atoms with E-state index >= 15 is 0 Å². The summed E-state index contributed by atoms with van der Waals surface area (Å²) in [6.07, 6.45) is -1.26. The monoisotopic (exact) mass is 411 g/mol. The van der Waals surface area contributed by atoms with Crippen molar-refractivity contribution in [3.05, 3.63) is 29.5 Å². The van der Waals surface area contributed by atoms with Crippen molar-refractivity contribution in [2.45, 2.75) is 44.9 Å². The second kappa shape index (κ2) is 8.50. The fraction of sp³-hybridized carbons (Fsp3) is 0.526. The van der Waals surface area contributed by atoms with Crippen LogP contribution in [0.2, 0.25) is 0 Å². The second-order valence-corrected chi connectivity index (χ2v) is 7.36. The van der Waals surface area contributed by atoms with E-state index in [0.717, 1.165) is 32.0 Å². The fourth-order valence-corrected chi connectivity index (χ4v) is 3.54. The van der Waals surface area contributed by atoms with Crippen LogP contribution in [0.3, 0.4) is 0 Å². The van der Waals surface area contributed by atoms with Gasteiger partial charge in [0.15, 0.2) is 0 Å². The molecule has 1 aromatic heterocycles. The Kier molecular flexibility index (Phi) is 6.23. The minimum Gasteiger partial charge on any atom is -0.507 e. The standard InChI is InChI=1S/C19H24F3N5O2/c1-11-6-13(19(20,21)22)7-16(29)17(11)15-8-23-18(26-25-15)24-14-4-3-5-27(9-14)12(2)10-28/h6-8,12,14,28-29H,3-5,9-10H2,1-2H3,(H,23,24,26)/t12?,14-/m1/s1. The molecule has 1 fully saturated rings. The number of aliphatic hydroxyl groups is 1. The zero-order chi connectivity index (χ0) is 21.2. The number of rotatable bonds is 5. The number of nitrogens with zero attached hydrogens (tertiary/aromatic N) is 4. The number of phenols is 1. The average molecular weight is 411 g/mol. The van der Waals surface area contributed by atoms with E-state index in [9.17, 15) is 23.4 Å². The molecule has 0 radical (unpaired) electrons. The summed E-state index contributed by atoms with van der Waals surface area (Å²) in [5.74, 6) is -0.212. The Morgan fingerprint density at radius 3 is 2.66 bits per heavy atom. The van der Waals surface area contributed by atoms with Gasteiger partial charge in [0.1, 0.15) is 11.4 Å². The Morgan fingerprint density at radius 2 is 2.07 bits per heavy atom. The summed E-state index contributed by atoms with van der Waals surface area (Å²) in [6.45, 7) is 5.19. The highest BCUT2D eigenvalue weighted by atomic mass is 19.4. The average Bonchev–Trinajstić information content (AvgIpc) is 2.67. The van der Waals surface area contributed by atoms with E-state index in [0.29, 0.717) is 12.0 Å². The highest BCUT2D eigenvalue weighted by Crippen LogP contribution is 2.38. The van der Waals surface area contributed by atoms with Gasteiger partial charge in [0.2, 0.25) is 5.95 Å². The lowest BCUT2D eigenvalue weighted by Gasteiger charge is -2.36. The summed E-state index contributed by atoms with van der Waals surface area (Å²) < 4.78 is 38.6. The van der Waals surface area contributed by atoms with Crippen LogP contribution in [0, 0.1) is 6.92 Å². The molecule has 3 rings (SSSR count). The van der Waals surface area contributed by atoms with E-state index in [-0.39, 0.29) is 35.5 Å². The topological polar surface area (TPSA) is 94.4 Å². The van der Waals surface area contributed by atoms with Crippen LogP contribution in [-0.4, -0.2) is 62.1 Å². The number of alkyl halides is 3. The molecule has 7 nitrogen and oxygen atoms in total. The van der Waals surface area contributed by atoms with Gasteiger partial charge in [-0.15, -0.1) is 10.2 Å². The highest BCUT2D eigenvalue weighted by molar-refractivity contribution is 5.70. The smallest absolute Gasteiger partial charge is 0.416 e. The number of anilines is 1. The summed E-state index contributed by atoms with van der Waals surface area (Å²) in [6, 6.07) is 1.81. The molecule has 0 aliphatic carbocycles. The molecule has 1 saturated heterocycles. The van der Waals surface area contributed by atoms with Crippen LogP contribution in [0.25, 0.3) is 11.3 Å². The number of phenolic OH excluding ortho intramolecular Hbond substituents is 1. The summed E-state index contributed by atoms with van der Waals surface area (Å²) in [5, 5.41) is 30.7. The highest BCUT2D eigenvalue weighted by Gasteiger charge is 2.32. The van der Waals surface area contributed by atoms with Crippen LogP contribution in [0.1, 0.15) is 30.9 Å². The number of likely N-dealkylation sites (tertiary alicyclic amines) is 1. The maximum atomic E-state index is 12.9. The molecule has 0 saturated carbocycles. The lowest BCUT2D eigenvalue weighted by atomic mass is 10.0. The molecule has 0 amide bonds. The molecule has 10 heteroatoms. The molecule has 2 atom stereocenters. The van der Waals surface area contributed by atoms with Crippen molar-refractivity contribution in [1.29, 1.82) is 0 Å². The summed E-state index contributed by atoms with van der Waals surface area (Å²) in [7, 11) is 0. The van der Waals surface area contributed by atoms with Gasteiger partial charge < -0.3 is 15.5 Å². The first-order valence-electron chi connectivity index (χ1n) is 9.41. The van der Waals surface area contributed by atoms with Gasteiger partial charge in [0, 0.05) is 24.2 Å². The predicted molar refractivity (Wildman–Crippen MR) is 101 cm³/mol. The van der Waals surface area contributed by atoms with Crippen LogP contribution in [0.5, 0.6) is 5.75 Å². The molecule has 1 aliphatic heterocycles. The normalized spacial score (nSPS) is 19.2. The van der Waals surface area contributed by atoms with Crippen molar-refractivity contribution in [3.63, 3.8) is 0 Å². The van der Waals surface area contributed by atoms with Crippen LogP contribution < -0.4 is 5.32 Å². The van der Waals surface area contributed by atoms with Gasteiger partial charge >= 0.3 is 6.18 Å². The second-order valence-electron chi connectivity index (χ2n) is 7.36. The molecular formula is C19H24F3N5O2. The first-order valence-corrected chi connectivity index (χ1v) is 9.41. The Hall–Kier alpha value is -2.46. The number of hydrogen-bond acceptors (Lipinski definition) is 7. The molecule has 1 unspecified atom stereocenters. The molecule has 3 N–H and O–H groups in total. The van der Waals surface area contributed by atoms with E-state index in [2.05, 4.69) is 25.4 Å². The largest absolute Gasteiger partial charge is 0.507 e. The number of aryl methyl sites for hydroxylation is 1. The number of hydrogen-bond donors (Lipinski definition) is 3. The summed E-state index contributed by atoms with van der Waals surface area (Å²) in [5.41, 5.74) is -0.326. The van der Waals surface area contributed by atoms with Gasteiger partial charge in [-0.25, -0.2) is 4.98 Å². The predicted octanol–water partition coefficient (Wildman–Crippen LogP) is 2.83. The van der Waals surface area contributed by atoms with Crippen LogP contribution >= 0.6 is 0 Å². The third kappa shape index (κ3) is 4.94. The molecule has 0 spiro atoms. The van der Waals surface area contributed by atoms with Crippen LogP contribution in [0.4, 0.5) is 19.1 Å². The van der Waals surface area contributed by atoms with E-state index in [4.69, 9.17) is 0 Å². The third-order valence-electron chi connectivity index (χ3n) is 5.13. The minimum atomic E-state index is -4.54. The SMILES string of the molecule is Cc1cc(C(F)(F)F)cc(O)c1-c1cnc(N[C@@H]2CCCN(C(C)CO)C2)nn1. The van der Waals surface area contributed by atoms with Gasteiger partial charge in [-0.05, 0) is 50.9 Å². The van der Waals surface area contributed by atoms with Gasteiger partial charge in [-0.3, -0.25) is 4.90 Å². The number of benzene rings is 1. The van der Waals surface area contributed by atoms with Crippen LogP contribution in [0.15, 0.2) is 18.3 Å². The fourth-order valence-electron chi connectivity index (χ4n) is 3.54. The lowest BCUT2D eigenvalue weighted by Crippen LogP contribution is -2.47. The molecule has 1 aromatic carbocycles. The van der Waals surface area contributed by atoms with Crippen molar-refractivity contribution in [2.24, 2.45) is 0 Å². The Morgan fingerprint density at radius 1 is 1.31 bits per heavy atom. The lowest BCUT2D eigenvalue weighted by molar-refractivity contribution is -0.137. The van der Waals surface area contributed by atoms with Crippen molar-refractivity contribution in [1.82, 2.24) is 20.1 Å². The molecule has 158 valence electrons. The Labute approximate surface area is 166 Å². The molecular weight excluding hydrogens is 387 g/mol. The quantitative estimate of drug-likeness (QED) is 0.697. The van der Waals surface area contributed by atoms with E-state index < -0.39 is 17.5 Å². The number of aromatic hydroxyl groups is 1. The van der Waals surface area contributed by atoms with Gasteiger partial charge in [-0.1, -0.05) is 0 Å². The minimum absolute atomic E-state index is 0.0756. The summed E-state index contributed by atoms with van der Waals surface area (Å²) >= 11 is 0. The number of nitrogens with one attached hydrogen (secondary N) is 1. The molecule has 1 aliphatic rings. The first-order chi connectivity index (χ1) is 13.7. The maximum Gasteiger partial charge on any atom is 0.416 e. The van der Waals surface area contributed by atoms with E-state index in [1.54, 1.807) is 0 Å². The van der Waals surface area contributed by atoms with Crippen molar-refractivity contribution < 1.29 is 23.4 Å². The van der Waals surface area contributed by atoms with Gasteiger partial charge in [-0.2, -0.15) is 13.2 Å². The molecule has 29 heavy (non-hydrogen) atoms. The maximum absolute atomic E-state index is 12.9. The number of aromatic nitrogens is 3. The first kappa shape index (κ1) is 21.3. The Balaban J connectivity index is 1.74. The van der Waals surface area contributed by atoms with Gasteiger partial charge in [0.25, 0.3) is 0 Å². The number of piperidine rings is 1. The van der Waals surface area contributed by atoms with Crippen molar-refractivity contribution in [2.75, 3.05) is 25.0 Å². The van der Waals surface area contributed by atoms with E-state index in [1.165, 1.54) is 13.1 Å².